The quantitative estimate of drug-likeness (QED) is 0.947. The van der Waals surface area contributed by atoms with E-state index in [4.69, 9.17) is 4.74 Å². The van der Waals surface area contributed by atoms with E-state index in [2.05, 4.69) is 15.2 Å². The van der Waals surface area contributed by atoms with Crippen LogP contribution < -0.4 is 10.2 Å². The molecule has 0 saturated carbocycles. The van der Waals surface area contributed by atoms with Crippen LogP contribution in [0.3, 0.4) is 0 Å². The van der Waals surface area contributed by atoms with Crippen LogP contribution in [0.1, 0.15) is 21.6 Å². The number of aryl methyl sites for hydroxylation is 1. The first-order valence-electron chi connectivity index (χ1n) is 7.82. The van der Waals surface area contributed by atoms with Gasteiger partial charge >= 0.3 is 0 Å². The Morgan fingerprint density at radius 2 is 1.87 bits per heavy atom. The lowest BCUT2D eigenvalue weighted by atomic mass is 10.1. The summed E-state index contributed by atoms with van der Waals surface area (Å²) in [6.07, 6.45) is 0. The number of morpholine rings is 1. The van der Waals surface area contributed by atoms with E-state index in [9.17, 15) is 4.79 Å². The van der Waals surface area contributed by atoms with Crippen LogP contribution in [0.5, 0.6) is 0 Å². The summed E-state index contributed by atoms with van der Waals surface area (Å²) in [6, 6.07) is 11.4. The highest BCUT2D eigenvalue weighted by atomic mass is 16.5. The van der Waals surface area contributed by atoms with Crippen LogP contribution in [-0.2, 0) is 4.74 Å². The van der Waals surface area contributed by atoms with Crippen molar-refractivity contribution in [3.63, 3.8) is 0 Å². The summed E-state index contributed by atoms with van der Waals surface area (Å²) in [5, 5.41) is 2.95. The molecule has 1 N–H and O–H groups in total. The van der Waals surface area contributed by atoms with Gasteiger partial charge in [-0.3, -0.25) is 4.79 Å². The number of ether oxygens (including phenoxy) is 1. The molecule has 1 amide bonds. The van der Waals surface area contributed by atoms with Crippen LogP contribution in [0.4, 0.5) is 11.5 Å². The van der Waals surface area contributed by atoms with E-state index in [-0.39, 0.29) is 5.91 Å². The topological polar surface area (TPSA) is 54.5 Å². The Balaban J connectivity index is 1.78. The van der Waals surface area contributed by atoms with Crippen molar-refractivity contribution < 1.29 is 9.53 Å². The molecule has 3 rings (SSSR count). The fourth-order valence-corrected chi connectivity index (χ4v) is 2.59. The molecule has 23 heavy (non-hydrogen) atoms. The van der Waals surface area contributed by atoms with E-state index in [1.165, 1.54) is 0 Å². The normalized spacial score (nSPS) is 14.6. The minimum atomic E-state index is -0.186. The van der Waals surface area contributed by atoms with Crippen molar-refractivity contribution in [2.75, 3.05) is 36.5 Å². The minimum absolute atomic E-state index is 0.186. The highest BCUT2D eigenvalue weighted by molar-refractivity contribution is 6.03. The molecule has 5 heteroatoms. The van der Waals surface area contributed by atoms with E-state index in [0.717, 1.165) is 35.7 Å². The number of amides is 1. The predicted molar refractivity (Wildman–Crippen MR) is 91.1 cm³/mol. The third-order valence-electron chi connectivity index (χ3n) is 4.15. The average Bonchev–Trinajstić information content (AvgIpc) is 2.60. The molecule has 1 fully saturated rings. The van der Waals surface area contributed by atoms with Crippen molar-refractivity contribution in [1.82, 2.24) is 4.98 Å². The minimum Gasteiger partial charge on any atom is -0.378 e. The molecule has 0 aliphatic carbocycles. The van der Waals surface area contributed by atoms with Gasteiger partial charge in [0, 0.05) is 18.8 Å². The van der Waals surface area contributed by atoms with E-state index in [1.54, 1.807) is 6.07 Å². The number of rotatable bonds is 3. The molecule has 0 atom stereocenters. The zero-order valence-corrected chi connectivity index (χ0v) is 13.5. The summed E-state index contributed by atoms with van der Waals surface area (Å²) >= 11 is 0. The first kappa shape index (κ1) is 15.5. The van der Waals surface area contributed by atoms with Crippen molar-refractivity contribution in [2.24, 2.45) is 0 Å². The summed E-state index contributed by atoms with van der Waals surface area (Å²) in [4.78, 5) is 19.1. The zero-order valence-electron chi connectivity index (χ0n) is 13.5. The number of carbonyl (C=O) groups excluding carboxylic acids is 1. The SMILES string of the molecule is Cc1cccc(NC(=O)c2cccc(N3CCOCC3)n2)c1C. The maximum absolute atomic E-state index is 12.5. The third-order valence-corrected chi connectivity index (χ3v) is 4.15. The second-order valence-corrected chi connectivity index (χ2v) is 5.68. The average molecular weight is 311 g/mol. The van der Waals surface area contributed by atoms with Crippen LogP contribution in [0.15, 0.2) is 36.4 Å². The molecular formula is C18H21N3O2. The maximum Gasteiger partial charge on any atom is 0.274 e. The summed E-state index contributed by atoms with van der Waals surface area (Å²) in [6.45, 7) is 7.02. The largest absolute Gasteiger partial charge is 0.378 e. The summed E-state index contributed by atoms with van der Waals surface area (Å²) in [5.41, 5.74) is 3.48. The summed E-state index contributed by atoms with van der Waals surface area (Å²) < 4.78 is 5.35. The molecule has 1 aliphatic rings. The molecule has 1 aromatic carbocycles. The molecule has 2 heterocycles. The van der Waals surface area contributed by atoms with Gasteiger partial charge in [0.05, 0.1) is 13.2 Å². The van der Waals surface area contributed by atoms with E-state index < -0.39 is 0 Å². The Hall–Kier alpha value is -2.40. The standard InChI is InChI=1S/C18H21N3O2/c1-13-5-3-6-15(14(13)2)20-18(22)16-7-4-8-17(19-16)21-9-11-23-12-10-21/h3-8H,9-12H2,1-2H3,(H,20,22). The van der Waals surface area contributed by atoms with E-state index in [0.29, 0.717) is 18.9 Å². The van der Waals surface area contributed by atoms with Crippen LogP contribution in [-0.4, -0.2) is 37.2 Å². The second kappa shape index (κ2) is 6.79. The van der Waals surface area contributed by atoms with Gasteiger partial charge in [0.1, 0.15) is 11.5 Å². The molecule has 1 aliphatic heterocycles. The molecule has 1 saturated heterocycles. The van der Waals surface area contributed by atoms with Gasteiger partial charge in [-0.2, -0.15) is 0 Å². The fourth-order valence-electron chi connectivity index (χ4n) is 2.59. The Morgan fingerprint density at radius 3 is 2.65 bits per heavy atom. The number of pyridine rings is 1. The van der Waals surface area contributed by atoms with E-state index >= 15 is 0 Å². The first-order valence-corrected chi connectivity index (χ1v) is 7.82. The molecule has 0 spiro atoms. The van der Waals surface area contributed by atoms with Crippen molar-refractivity contribution in [2.45, 2.75) is 13.8 Å². The molecular weight excluding hydrogens is 290 g/mol. The number of hydrogen-bond acceptors (Lipinski definition) is 4. The van der Waals surface area contributed by atoms with Gasteiger partial charge in [0.15, 0.2) is 0 Å². The monoisotopic (exact) mass is 311 g/mol. The molecule has 0 bridgehead atoms. The molecule has 120 valence electrons. The van der Waals surface area contributed by atoms with Gasteiger partial charge in [-0.05, 0) is 43.2 Å². The zero-order chi connectivity index (χ0) is 16.2. The lowest BCUT2D eigenvalue weighted by Crippen LogP contribution is -2.37. The molecule has 0 radical (unpaired) electrons. The Morgan fingerprint density at radius 1 is 1.13 bits per heavy atom. The summed E-state index contributed by atoms with van der Waals surface area (Å²) in [5.74, 6) is 0.635. The van der Waals surface area contributed by atoms with Gasteiger partial charge in [-0.15, -0.1) is 0 Å². The number of nitrogens with one attached hydrogen (secondary N) is 1. The number of benzene rings is 1. The maximum atomic E-state index is 12.5. The molecule has 0 unspecified atom stereocenters. The fraction of sp³-hybridized carbons (Fsp3) is 0.333. The Bertz CT molecular complexity index is 709. The van der Waals surface area contributed by atoms with E-state index in [1.807, 2.05) is 44.2 Å². The smallest absolute Gasteiger partial charge is 0.274 e. The van der Waals surface area contributed by atoms with Crippen LogP contribution >= 0.6 is 0 Å². The number of hydrogen-bond donors (Lipinski definition) is 1. The molecule has 2 aromatic rings. The summed E-state index contributed by atoms with van der Waals surface area (Å²) in [7, 11) is 0. The molecule has 1 aromatic heterocycles. The van der Waals surface area contributed by atoms with Gasteiger partial charge in [0.25, 0.3) is 5.91 Å². The van der Waals surface area contributed by atoms with Gasteiger partial charge < -0.3 is 15.0 Å². The van der Waals surface area contributed by atoms with Crippen LogP contribution in [0.25, 0.3) is 0 Å². The van der Waals surface area contributed by atoms with Gasteiger partial charge in [-0.1, -0.05) is 18.2 Å². The lowest BCUT2D eigenvalue weighted by Gasteiger charge is -2.27. The number of aromatic nitrogens is 1. The lowest BCUT2D eigenvalue weighted by molar-refractivity contribution is 0.102. The van der Waals surface area contributed by atoms with Gasteiger partial charge in [-0.25, -0.2) is 4.98 Å². The number of anilines is 2. The highest BCUT2D eigenvalue weighted by Crippen LogP contribution is 2.19. The van der Waals surface area contributed by atoms with Crippen molar-refractivity contribution in [3.05, 3.63) is 53.2 Å². The van der Waals surface area contributed by atoms with Crippen molar-refractivity contribution >= 4 is 17.4 Å². The molecule has 5 nitrogen and oxygen atoms in total. The second-order valence-electron chi connectivity index (χ2n) is 5.68. The first-order chi connectivity index (χ1) is 11.1. The van der Waals surface area contributed by atoms with Crippen LogP contribution in [0, 0.1) is 13.8 Å². The van der Waals surface area contributed by atoms with Crippen LogP contribution in [0.2, 0.25) is 0 Å². The Labute approximate surface area is 136 Å². The number of nitrogens with zero attached hydrogens (tertiary/aromatic N) is 2. The van der Waals surface area contributed by atoms with Crippen molar-refractivity contribution in [3.8, 4) is 0 Å². The Kier molecular flexibility index (Phi) is 4.57. The number of carbonyl (C=O) groups is 1. The third kappa shape index (κ3) is 3.51. The van der Waals surface area contributed by atoms with Crippen molar-refractivity contribution in [1.29, 1.82) is 0 Å². The highest BCUT2D eigenvalue weighted by Gasteiger charge is 2.15. The predicted octanol–water partition coefficient (Wildman–Crippen LogP) is 2.79. The van der Waals surface area contributed by atoms with Gasteiger partial charge in [0.2, 0.25) is 0 Å².